The molecule has 0 bridgehead atoms. The molecule has 0 spiro atoms. The number of ether oxygens (including phenoxy) is 1. The summed E-state index contributed by atoms with van der Waals surface area (Å²) in [7, 11) is -24.4. The third-order valence-corrected chi connectivity index (χ3v) is 14.5. The predicted octanol–water partition coefficient (Wildman–Crippen LogP) is 1.86. The van der Waals surface area contributed by atoms with Crippen LogP contribution in [0.5, 0.6) is 5.75 Å². The normalized spacial score (nSPS) is 26.2. The molecule has 1 aromatic carbocycles. The number of hydrogen-bond donors (Lipinski definition) is 6. The summed E-state index contributed by atoms with van der Waals surface area (Å²) in [5.41, 5.74) is 5.11. The molecule has 4 aliphatic rings. The first kappa shape index (κ1) is 40.9. The number of halogens is 2. The monoisotopic (exact) mass is 876 g/mol. The van der Waals surface area contributed by atoms with Crippen LogP contribution in [0.25, 0.3) is 0 Å². The van der Waals surface area contributed by atoms with E-state index in [1.54, 1.807) is 13.8 Å². The second-order valence-electron chi connectivity index (χ2n) is 12.2. The SMILES string of the molecule is CC1(C)C2=C(Cl)C(=O)C(Cl)=CC2=Nc2ccc(OP(=O)(O)OP(=O)([O-])OP(=O)(O)OP(=O)([O-])OC[C@H]3OC(N4CNc5c4nc(N)[nH]c5=O)CC3O)cc21. The number of hydrogen-bond acceptors (Lipinski definition) is 20. The van der Waals surface area contributed by atoms with Gasteiger partial charge in [-0.3, -0.25) is 28.6 Å². The van der Waals surface area contributed by atoms with E-state index >= 15 is 0 Å². The average Bonchev–Trinajstić information content (AvgIpc) is 3.60. The second-order valence-corrected chi connectivity index (χ2v) is 19.0. The lowest BCUT2D eigenvalue weighted by molar-refractivity contribution is -0.222. The Morgan fingerprint density at radius 1 is 1.09 bits per heavy atom. The minimum Gasteiger partial charge on any atom is -0.756 e. The van der Waals surface area contributed by atoms with E-state index in [0.717, 1.165) is 12.1 Å². The molecule has 7 N–H and O–H groups in total. The van der Waals surface area contributed by atoms with Crippen molar-refractivity contribution in [3.8, 4) is 5.75 Å². The van der Waals surface area contributed by atoms with Gasteiger partial charge in [-0.1, -0.05) is 37.0 Å². The fraction of sp³-hybridized carbons (Fsp3) is 0.360. The lowest BCUT2D eigenvalue weighted by Crippen LogP contribution is -2.36. The minimum atomic E-state index is -6.41. The topological polar surface area (TPSA) is 347 Å². The van der Waals surface area contributed by atoms with E-state index in [1.807, 2.05) is 0 Å². The number of rotatable bonds is 12. The Morgan fingerprint density at radius 3 is 2.46 bits per heavy atom. The maximum absolute atomic E-state index is 12.7. The van der Waals surface area contributed by atoms with Crippen LogP contribution in [0, 0.1) is 0 Å². The van der Waals surface area contributed by atoms with Crippen molar-refractivity contribution in [3.63, 3.8) is 0 Å². The highest BCUT2D eigenvalue weighted by atomic mass is 35.5. The minimum absolute atomic E-state index is 0.0104. The molecule has 3 aliphatic heterocycles. The third kappa shape index (κ3) is 8.47. The van der Waals surface area contributed by atoms with Crippen molar-refractivity contribution >= 4 is 89.1 Å². The van der Waals surface area contributed by atoms with E-state index in [4.69, 9.17) is 38.2 Å². The van der Waals surface area contributed by atoms with Crippen molar-refractivity contribution in [2.45, 2.75) is 44.1 Å². The number of ketones is 1. The van der Waals surface area contributed by atoms with Gasteiger partial charge < -0.3 is 49.5 Å². The highest BCUT2D eigenvalue weighted by Crippen LogP contribution is 2.69. The van der Waals surface area contributed by atoms with Crippen LogP contribution < -0.4 is 35.8 Å². The molecule has 0 radical (unpaired) electrons. The molecule has 0 saturated carbocycles. The number of nitrogen functional groups attached to an aromatic ring is 1. The molecule has 7 atom stereocenters. The summed E-state index contributed by atoms with van der Waals surface area (Å²) in [5, 5.41) is 12.8. The summed E-state index contributed by atoms with van der Waals surface area (Å²) in [4.78, 5) is 81.4. The van der Waals surface area contributed by atoms with E-state index in [2.05, 4.69) is 37.7 Å². The van der Waals surface area contributed by atoms with Crippen LogP contribution in [-0.4, -0.2) is 68.1 Å². The lowest BCUT2D eigenvalue weighted by Gasteiger charge is -2.36. The van der Waals surface area contributed by atoms with Crippen LogP contribution >= 0.6 is 54.5 Å². The van der Waals surface area contributed by atoms with E-state index < -0.39 is 78.8 Å². The number of anilines is 3. The Hall–Kier alpha value is -2.78. The molecule has 4 heterocycles. The average molecular weight is 877 g/mol. The van der Waals surface area contributed by atoms with E-state index in [0.29, 0.717) is 11.3 Å². The van der Waals surface area contributed by atoms with E-state index in [9.17, 15) is 52.5 Å². The first-order valence-electron chi connectivity index (χ1n) is 14.9. The Balaban J connectivity index is 1.06. The molecule has 2 aromatic rings. The number of carbonyl (C=O) groups excluding carboxylic acids is 1. The van der Waals surface area contributed by atoms with Crippen LogP contribution in [0.15, 0.2) is 49.7 Å². The number of aliphatic hydroxyl groups excluding tert-OH is 1. The number of aliphatic imine (C=N–C) groups is 1. The zero-order valence-electron chi connectivity index (χ0n) is 27.2. The van der Waals surface area contributed by atoms with Gasteiger partial charge in [-0.15, -0.1) is 0 Å². The van der Waals surface area contributed by atoms with Gasteiger partial charge in [-0.25, -0.2) is 27.1 Å². The summed E-state index contributed by atoms with van der Waals surface area (Å²) in [5.74, 6) is -1.28. The van der Waals surface area contributed by atoms with Crippen molar-refractivity contribution in [3.05, 3.63) is 55.8 Å². The number of H-pyrrole nitrogens is 1. The summed E-state index contributed by atoms with van der Waals surface area (Å²) in [6.07, 6.45) is -2.63. The fourth-order valence-electron chi connectivity index (χ4n) is 5.83. The van der Waals surface area contributed by atoms with Gasteiger partial charge in [0.1, 0.15) is 23.8 Å². The molecule has 6 unspecified atom stereocenters. The van der Waals surface area contributed by atoms with E-state index in [1.165, 1.54) is 17.0 Å². The number of nitrogens with two attached hydrogens (primary N) is 1. The Morgan fingerprint density at radius 2 is 1.76 bits per heavy atom. The number of aliphatic hydroxyl groups is 1. The van der Waals surface area contributed by atoms with Gasteiger partial charge >= 0.3 is 15.6 Å². The zero-order chi connectivity index (χ0) is 39.8. The number of carbonyl (C=O) groups is 1. The highest BCUT2D eigenvalue weighted by molar-refractivity contribution is 7.69. The number of fused-ring (bicyclic) bond motifs is 3. The molecule has 1 saturated heterocycles. The number of aromatic amines is 1. The molecule has 1 aromatic heterocycles. The lowest BCUT2D eigenvalue weighted by atomic mass is 9.71. The van der Waals surface area contributed by atoms with Crippen LogP contribution in [0.3, 0.4) is 0 Å². The molecule has 54 heavy (non-hydrogen) atoms. The molecule has 6 rings (SSSR count). The Kier molecular flexibility index (Phi) is 10.8. The van der Waals surface area contributed by atoms with Crippen molar-refractivity contribution in [1.29, 1.82) is 0 Å². The summed E-state index contributed by atoms with van der Waals surface area (Å²) in [6.45, 7) is 2.23. The van der Waals surface area contributed by atoms with Crippen LogP contribution in [-0.2, 0) is 50.7 Å². The maximum Gasteiger partial charge on any atom is 0.534 e. The summed E-state index contributed by atoms with van der Waals surface area (Å²) in [6, 6.07) is 3.56. The van der Waals surface area contributed by atoms with Crippen molar-refractivity contribution < 1.29 is 74.5 Å². The molecule has 1 fully saturated rings. The maximum atomic E-state index is 12.7. The molecule has 1 aliphatic carbocycles. The molecular weight excluding hydrogens is 851 g/mol. The highest BCUT2D eigenvalue weighted by Gasteiger charge is 2.44. The molecule has 0 amide bonds. The Labute approximate surface area is 312 Å². The van der Waals surface area contributed by atoms with E-state index in [-0.39, 0.29) is 51.9 Å². The van der Waals surface area contributed by atoms with Gasteiger partial charge in [0.05, 0.1) is 40.8 Å². The standard InChI is InChI=1S/C25H28Cl2N6O17P4/c1-25(2)11-5-10(3-4-13(11)30-14-6-12(26)21(35)19(27)18(14)25)47-52(39,40)49-54(43,44)50-53(41,42)48-51(37,38)45-8-16-15(34)7-17(46-16)33-9-29-20-22(33)31-24(28)32-23(20)36/h3-6,15-17,29,34H,7-9H2,1-2H3,(H,37,38)(H,39,40)(H,41,42)(H,43,44)(H3,28,31,32,36)/p-2/t15?,16-,17?/m1/s1. The second kappa shape index (κ2) is 14.3. The number of allylic oxidation sites excluding steroid dienone is 4. The van der Waals surface area contributed by atoms with Crippen LogP contribution in [0.4, 0.5) is 23.1 Å². The number of phosphoric acid groups is 4. The van der Waals surface area contributed by atoms with Crippen LogP contribution in [0.1, 0.15) is 25.8 Å². The number of aromatic nitrogens is 2. The third-order valence-electron chi connectivity index (χ3n) is 8.06. The van der Waals surface area contributed by atoms with Gasteiger partial charge in [0.2, 0.25) is 11.7 Å². The zero-order valence-corrected chi connectivity index (χ0v) is 32.3. The van der Waals surface area contributed by atoms with Crippen molar-refractivity contribution in [1.82, 2.24) is 9.97 Å². The number of Topliss-reactive ketones (excluding diaryl/α,β-unsaturated/α-hetero) is 1. The number of nitrogens with zero attached hydrogens (tertiary/aromatic N) is 3. The molecule has 294 valence electrons. The van der Waals surface area contributed by atoms with Gasteiger partial charge in [0, 0.05) is 17.4 Å². The van der Waals surface area contributed by atoms with Gasteiger partial charge in [-0.05, 0) is 29.8 Å². The van der Waals surface area contributed by atoms with Crippen LogP contribution in [0.2, 0.25) is 0 Å². The fourth-order valence-corrected chi connectivity index (χ4v) is 11.4. The first-order chi connectivity index (χ1) is 24.9. The van der Waals surface area contributed by atoms with Gasteiger partial charge in [-0.2, -0.15) is 4.98 Å². The first-order valence-corrected chi connectivity index (χ1v) is 21.6. The molecule has 23 nitrogen and oxygen atoms in total. The largest absolute Gasteiger partial charge is 0.756 e. The predicted molar refractivity (Wildman–Crippen MR) is 183 cm³/mol. The smallest absolute Gasteiger partial charge is 0.534 e. The molecular formula is C25H26Cl2N6O17P4-2. The number of phosphoric ester groups is 2. The van der Waals surface area contributed by atoms with Gasteiger partial charge in [0.15, 0.2) is 5.82 Å². The summed E-state index contributed by atoms with van der Waals surface area (Å²) >= 11 is 12.2. The Bertz CT molecular complexity index is 2300. The number of nitrogens with one attached hydrogen (secondary N) is 2. The quantitative estimate of drug-likeness (QED) is 0.131. The van der Waals surface area contributed by atoms with Crippen molar-refractivity contribution in [2.24, 2.45) is 4.99 Å². The number of benzene rings is 1. The van der Waals surface area contributed by atoms with Crippen molar-refractivity contribution in [2.75, 3.05) is 29.2 Å². The molecule has 29 heteroatoms. The summed E-state index contributed by atoms with van der Waals surface area (Å²) < 4.78 is 76.2. The van der Waals surface area contributed by atoms with Gasteiger partial charge in [0.25, 0.3) is 21.2 Å².